The number of aromatic hydroxyl groups is 1. The number of hydrogen-bond donors (Lipinski definition) is 2. The van der Waals surface area contributed by atoms with Gasteiger partial charge in [-0.15, -0.1) is 10.2 Å². The zero-order valence-electron chi connectivity index (χ0n) is 11.8. The molecule has 1 amide bonds. The summed E-state index contributed by atoms with van der Waals surface area (Å²) < 4.78 is 1.27. The molecular weight excluding hydrogens is 318 g/mol. The molecule has 0 saturated heterocycles. The average Bonchev–Trinajstić information content (AvgIpc) is 2.84. The van der Waals surface area contributed by atoms with Crippen LogP contribution < -0.4 is 0 Å². The molecule has 3 rings (SSSR count). The van der Waals surface area contributed by atoms with E-state index in [9.17, 15) is 15.0 Å². The van der Waals surface area contributed by atoms with E-state index in [0.29, 0.717) is 10.9 Å². The Bertz CT molecular complexity index is 918. The number of nitrogens with zero attached hydrogens (tertiary/aromatic N) is 3. The summed E-state index contributed by atoms with van der Waals surface area (Å²) in [6, 6.07) is 13.5. The fourth-order valence-corrected chi connectivity index (χ4v) is 2.51. The predicted octanol–water partition coefficient (Wildman–Crippen LogP) is 3.87. The van der Waals surface area contributed by atoms with Gasteiger partial charge >= 0.3 is 0 Å². The minimum absolute atomic E-state index is 0.120. The van der Waals surface area contributed by atoms with E-state index in [-0.39, 0.29) is 22.2 Å². The van der Waals surface area contributed by atoms with Gasteiger partial charge in [-0.1, -0.05) is 41.9 Å². The highest BCUT2D eigenvalue weighted by Crippen LogP contribution is 2.38. The number of azo groups is 1. The first-order valence-electron chi connectivity index (χ1n) is 6.75. The maximum absolute atomic E-state index is 12.1. The summed E-state index contributed by atoms with van der Waals surface area (Å²) >= 11 is 5.94. The Hall–Kier alpha value is -2.70. The topological polar surface area (TPSA) is 87.2 Å². The number of halogens is 1. The minimum Gasteiger partial charge on any atom is -0.493 e. The third kappa shape index (κ3) is 2.69. The average molecular weight is 330 g/mol. The molecule has 116 valence electrons. The van der Waals surface area contributed by atoms with Crippen molar-refractivity contribution < 1.29 is 15.0 Å². The Morgan fingerprint density at radius 3 is 2.57 bits per heavy atom. The van der Waals surface area contributed by atoms with Crippen LogP contribution in [0.1, 0.15) is 10.4 Å². The summed E-state index contributed by atoms with van der Waals surface area (Å²) in [4.78, 5) is 12.1. The third-order valence-corrected chi connectivity index (χ3v) is 3.73. The Morgan fingerprint density at radius 1 is 1.13 bits per heavy atom. The van der Waals surface area contributed by atoms with Crippen LogP contribution in [-0.4, -0.2) is 20.7 Å². The highest BCUT2D eigenvalue weighted by molar-refractivity contribution is 6.33. The van der Waals surface area contributed by atoms with Crippen LogP contribution in [-0.2, 0) is 6.73 Å². The van der Waals surface area contributed by atoms with Gasteiger partial charge in [-0.2, -0.15) is 0 Å². The lowest BCUT2D eigenvalue weighted by Gasteiger charge is -2.00. The molecule has 6 nitrogen and oxygen atoms in total. The van der Waals surface area contributed by atoms with Crippen molar-refractivity contribution in [2.24, 2.45) is 10.2 Å². The fraction of sp³-hybridized carbons (Fsp3) is 0.0625. The first-order chi connectivity index (χ1) is 11.1. The zero-order valence-corrected chi connectivity index (χ0v) is 12.6. The van der Waals surface area contributed by atoms with E-state index in [1.54, 1.807) is 48.5 Å². The smallest absolute Gasteiger partial charge is 0.296 e. The SMILES string of the molecule is O=C(N=Nc1c(O)n(CO)c2ccccc12)c1ccccc1Cl. The fourth-order valence-electron chi connectivity index (χ4n) is 2.30. The zero-order chi connectivity index (χ0) is 16.4. The van der Waals surface area contributed by atoms with Crippen molar-refractivity contribution in [2.75, 3.05) is 0 Å². The summed E-state index contributed by atoms with van der Waals surface area (Å²) in [6.07, 6.45) is 0. The molecule has 3 aromatic rings. The monoisotopic (exact) mass is 329 g/mol. The minimum atomic E-state index is -0.615. The molecule has 23 heavy (non-hydrogen) atoms. The Morgan fingerprint density at radius 2 is 1.83 bits per heavy atom. The number of carbonyl (C=O) groups is 1. The molecule has 1 heterocycles. The molecule has 0 unspecified atom stereocenters. The maximum Gasteiger partial charge on any atom is 0.296 e. The van der Waals surface area contributed by atoms with E-state index in [1.807, 2.05) is 0 Å². The lowest BCUT2D eigenvalue weighted by Crippen LogP contribution is -1.95. The molecule has 0 aliphatic heterocycles. The van der Waals surface area contributed by atoms with Gasteiger partial charge in [0.25, 0.3) is 5.91 Å². The van der Waals surface area contributed by atoms with Crippen molar-refractivity contribution in [1.29, 1.82) is 0 Å². The Labute approximate surface area is 136 Å². The van der Waals surface area contributed by atoms with E-state index >= 15 is 0 Å². The number of fused-ring (bicyclic) bond motifs is 1. The summed E-state index contributed by atoms with van der Waals surface area (Å²) in [5, 5.41) is 27.9. The molecule has 2 aromatic carbocycles. The van der Waals surface area contributed by atoms with Gasteiger partial charge in [-0.05, 0) is 18.2 Å². The van der Waals surface area contributed by atoms with Crippen molar-refractivity contribution in [3.05, 3.63) is 59.1 Å². The normalized spacial score (nSPS) is 11.4. The van der Waals surface area contributed by atoms with E-state index in [2.05, 4.69) is 10.2 Å². The van der Waals surface area contributed by atoms with Gasteiger partial charge in [0.15, 0.2) is 5.69 Å². The van der Waals surface area contributed by atoms with Gasteiger partial charge < -0.3 is 10.2 Å². The van der Waals surface area contributed by atoms with E-state index in [1.165, 1.54) is 4.57 Å². The standard InChI is InChI=1S/C16H12ClN3O3/c17-12-7-3-1-5-10(12)15(22)19-18-14-11-6-2-4-8-13(11)20(9-21)16(14)23/h1-8,21,23H,9H2. The van der Waals surface area contributed by atoms with Crippen molar-refractivity contribution >= 4 is 34.1 Å². The molecule has 0 aliphatic rings. The lowest BCUT2D eigenvalue weighted by molar-refractivity contribution is 0.0995. The predicted molar refractivity (Wildman–Crippen MR) is 86.1 cm³/mol. The number of aliphatic hydroxyl groups is 1. The van der Waals surface area contributed by atoms with Crippen LogP contribution in [0.25, 0.3) is 10.9 Å². The van der Waals surface area contributed by atoms with E-state index in [4.69, 9.17) is 11.6 Å². The van der Waals surface area contributed by atoms with Crippen molar-refractivity contribution in [3.63, 3.8) is 0 Å². The van der Waals surface area contributed by atoms with Gasteiger partial charge in [0, 0.05) is 5.39 Å². The summed E-state index contributed by atoms with van der Waals surface area (Å²) in [5.41, 5.74) is 0.935. The number of aliphatic hydroxyl groups excluding tert-OH is 1. The first-order valence-corrected chi connectivity index (χ1v) is 7.13. The first kappa shape index (κ1) is 15.2. The largest absolute Gasteiger partial charge is 0.493 e. The molecule has 1 aromatic heterocycles. The van der Waals surface area contributed by atoms with Gasteiger partial charge in [-0.3, -0.25) is 9.36 Å². The number of rotatable bonds is 3. The van der Waals surface area contributed by atoms with Crippen LogP contribution >= 0.6 is 11.6 Å². The number of carbonyl (C=O) groups excluding carboxylic acids is 1. The summed E-state index contributed by atoms with van der Waals surface area (Å²) in [7, 11) is 0. The van der Waals surface area contributed by atoms with Crippen LogP contribution in [0.2, 0.25) is 5.02 Å². The second kappa shape index (κ2) is 6.20. The van der Waals surface area contributed by atoms with E-state index < -0.39 is 12.6 Å². The van der Waals surface area contributed by atoms with Crippen LogP contribution in [0.4, 0.5) is 5.69 Å². The lowest BCUT2D eigenvalue weighted by atomic mass is 10.2. The summed E-state index contributed by atoms with van der Waals surface area (Å²) in [5.74, 6) is -0.875. The maximum atomic E-state index is 12.1. The molecule has 7 heteroatoms. The summed E-state index contributed by atoms with van der Waals surface area (Å²) in [6.45, 7) is -0.416. The molecular formula is C16H12ClN3O3. The van der Waals surface area contributed by atoms with Crippen LogP contribution in [0.3, 0.4) is 0 Å². The second-order valence-corrected chi connectivity index (χ2v) is 5.15. The number of hydrogen-bond acceptors (Lipinski definition) is 4. The highest BCUT2D eigenvalue weighted by atomic mass is 35.5. The Kier molecular flexibility index (Phi) is 4.10. The molecule has 0 fully saturated rings. The third-order valence-electron chi connectivity index (χ3n) is 3.40. The van der Waals surface area contributed by atoms with Crippen molar-refractivity contribution in [1.82, 2.24) is 4.57 Å². The second-order valence-electron chi connectivity index (χ2n) is 4.74. The number of amides is 1. The van der Waals surface area contributed by atoms with Crippen molar-refractivity contribution in [3.8, 4) is 5.88 Å². The molecule has 0 saturated carbocycles. The quantitative estimate of drug-likeness (QED) is 0.715. The van der Waals surface area contributed by atoms with Gasteiger partial charge in [0.05, 0.1) is 16.1 Å². The van der Waals surface area contributed by atoms with Gasteiger partial charge in [0.1, 0.15) is 6.73 Å². The molecule has 0 radical (unpaired) electrons. The highest BCUT2D eigenvalue weighted by Gasteiger charge is 2.16. The van der Waals surface area contributed by atoms with Crippen LogP contribution in [0, 0.1) is 0 Å². The number of benzene rings is 2. The molecule has 0 bridgehead atoms. The van der Waals surface area contributed by atoms with Crippen LogP contribution in [0.5, 0.6) is 5.88 Å². The number of aromatic nitrogens is 1. The number of para-hydroxylation sites is 1. The van der Waals surface area contributed by atoms with Crippen molar-refractivity contribution in [2.45, 2.75) is 6.73 Å². The van der Waals surface area contributed by atoms with E-state index in [0.717, 1.165) is 0 Å². The Balaban J connectivity index is 2.03. The van der Waals surface area contributed by atoms with Crippen LogP contribution in [0.15, 0.2) is 58.8 Å². The van der Waals surface area contributed by atoms with Gasteiger partial charge in [0.2, 0.25) is 5.88 Å². The molecule has 0 spiro atoms. The molecule has 0 atom stereocenters. The van der Waals surface area contributed by atoms with Gasteiger partial charge in [-0.25, -0.2) is 0 Å². The molecule has 0 aliphatic carbocycles. The molecule has 2 N–H and O–H groups in total.